The Morgan fingerprint density at radius 3 is 2.41 bits per heavy atom. The number of carbonyl (C=O) groups is 1. The molecule has 1 aromatic heterocycles. The predicted molar refractivity (Wildman–Crippen MR) is 124 cm³/mol. The molecule has 0 spiro atoms. The van der Waals surface area contributed by atoms with E-state index in [-0.39, 0.29) is 17.9 Å². The van der Waals surface area contributed by atoms with Gasteiger partial charge in [-0.3, -0.25) is 9.78 Å². The summed E-state index contributed by atoms with van der Waals surface area (Å²) in [7, 11) is -3.62. The Kier molecular flexibility index (Phi) is 8.39. The zero-order valence-electron chi connectivity index (χ0n) is 17.5. The van der Waals surface area contributed by atoms with Crippen LogP contribution in [0.1, 0.15) is 28.7 Å². The first-order valence-electron chi connectivity index (χ1n) is 10.3. The molecule has 0 radical (unpaired) electrons. The summed E-state index contributed by atoms with van der Waals surface area (Å²) >= 11 is 5.82. The van der Waals surface area contributed by atoms with E-state index in [1.165, 1.54) is 24.3 Å². The predicted octanol–water partition coefficient (Wildman–Crippen LogP) is 4.06. The van der Waals surface area contributed by atoms with Crippen LogP contribution in [0.3, 0.4) is 0 Å². The minimum Gasteiger partial charge on any atom is -0.481 e. The van der Waals surface area contributed by atoms with Crippen LogP contribution in [-0.2, 0) is 40.5 Å². The SMILES string of the molecule is O=C(O)CCc1cc(CCNS(=O)(=O)c2ccc(Cl)cc2)ccc1CCc1cccnc1. The molecule has 0 aliphatic rings. The van der Waals surface area contributed by atoms with Crippen molar-refractivity contribution in [3.05, 3.63) is 94.3 Å². The van der Waals surface area contributed by atoms with Crippen LogP contribution in [0.25, 0.3) is 0 Å². The number of carboxylic acids is 1. The van der Waals surface area contributed by atoms with Crippen LogP contribution in [0, 0.1) is 0 Å². The maximum Gasteiger partial charge on any atom is 0.303 e. The molecule has 8 heteroatoms. The fourth-order valence-corrected chi connectivity index (χ4v) is 4.56. The van der Waals surface area contributed by atoms with Gasteiger partial charge in [-0.1, -0.05) is 35.9 Å². The molecule has 0 bridgehead atoms. The summed E-state index contributed by atoms with van der Waals surface area (Å²) in [6, 6.07) is 15.9. The maximum absolute atomic E-state index is 12.4. The number of nitrogens with zero attached hydrogens (tertiary/aromatic N) is 1. The molecule has 0 aliphatic carbocycles. The number of benzene rings is 2. The third-order valence-corrected chi connectivity index (χ3v) is 6.84. The van der Waals surface area contributed by atoms with Gasteiger partial charge in [0.2, 0.25) is 10.0 Å². The molecule has 2 N–H and O–H groups in total. The topological polar surface area (TPSA) is 96.4 Å². The molecule has 3 rings (SSSR count). The molecule has 2 aromatic carbocycles. The van der Waals surface area contributed by atoms with Crippen LogP contribution in [-0.4, -0.2) is 31.0 Å². The van der Waals surface area contributed by atoms with Crippen molar-refractivity contribution in [2.24, 2.45) is 0 Å². The zero-order chi connectivity index (χ0) is 23.0. The number of pyridine rings is 1. The minimum atomic E-state index is -3.62. The van der Waals surface area contributed by atoms with Crippen LogP contribution < -0.4 is 4.72 Å². The molecule has 0 saturated heterocycles. The first-order valence-corrected chi connectivity index (χ1v) is 12.2. The number of carboxylic acid groups (broad SMARTS) is 1. The molecule has 0 fully saturated rings. The number of hydrogen-bond donors (Lipinski definition) is 2. The molecule has 0 unspecified atom stereocenters. The van der Waals surface area contributed by atoms with Gasteiger partial charge in [-0.05, 0) is 78.3 Å². The van der Waals surface area contributed by atoms with Gasteiger partial charge in [-0.2, -0.15) is 0 Å². The Labute approximate surface area is 193 Å². The van der Waals surface area contributed by atoms with Gasteiger partial charge in [-0.15, -0.1) is 0 Å². The van der Waals surface area contributed by atoms with E-state index < -0.39 is 16.0 Å². The van der Waals surface area contributed by atoms with Crippen molar-refractivity contribution in [2.75, 3.05) is 6.54 Å². The average molecular weight is 473 g/mol. The smallest absolute Gasteiger partial charge is 0.303 e. The first-order chi connectivity index (χ1) is 15.3. The summed E-state index contributed by atoms with van der Waals surface area (Å²) in [5.74, 6) is -0.843. The fraction of sp³-hybridized carbons (Fsp3) is 0.250. The lowest BCUT2D eigenvalue weighted by Crippen LogP contribution is -2.26. The van der Waals surface area contributed by atoms with Crippen LogP contribution in [0.4, 0.5) is 0 Å². The molecule has 3 aromatic rings. The van der Waals surface area contributed by atoms with Gasteiger partial charge in [-0.25, -0.2) is 13.1 Å². The van der Waals surface area contributed by atoms with Crippen molar-refractivity contribution in [2.45, 2.75) is 37.0 Å². The van der Waals surface area contributed by atoms with Gasteiger partial charge in [0.15, 0.2) is 0 Å². The largest absolute Gasteiger partial charge is 0.481 e. The normalized spacial score (nSPS) is 11.4. The summed E-state index contributed by atoms with van der Waals surface area (Å²) in [5.41, 5.74) is 4.15. The van der Waals surface area contributed by atoms with E-state index in [0.717, 1.165) is 35.1 Å². The molecule has 0 amide bonds. The number of rotatable bonds is 11. The van der Waals surface area contributed by atoms with E-state index in [0.29, 0.717) is 17.9 Å². The third-order valence-electron chi connectivity index (χ3n) is 5.11. The highest BCUT2D eigenvalue weighted by Crippen LogP contribution is 2.18. The summed E-state index contributed by atoms with van der Waals surface area (Å²) in [6.45, 7) is 0.234. The fourth-order valence-electron chi connectivity index (χ4n) is 3.40. The number of hydrogen-bond acceptors (Lipinski definition) is 4. The van der Waals surface area contributed by atoms with Crippen molar-refractivity contribution >= 4 is 27.6 Å². The lowest BCUT2D eigenvalue weighted by molar-refractivity contribution is -0.136. The van der Waals surface area contributed by atoms with Crippen LogP contribution in [0.5, 0.6) is 0 Å². The van der Waals surface area contributed by atoms with Gasteiger partial charge in [0, 0.05) is 30.4 Å². The standard InChI is InChI=1S/C24H25ClN2O4S/c25-22-8-10-23(11-9-22)32(30,31)27-15-13-18-3-5-20(21(16-18)7-12-24(28)29)6-4-19-2-1-14-26-17-19/h1-3,5,8-11,14,16-17,27H,4,6-7,12-13,15H2,(H,28,29). The Hall–Kier alpha value is -2.74. The first kappa shape index (κ1) is 23.9. The molecule has 0 aliphatic heterocycles. The van der Waals surface area contributed by atoms with Gasteiger partial charge in [0.05, 0.1) is 4.90 Å². The van der Waals surface area contributed by atoms with Crippen LogP contribution in [0.15, 0.2) is 71.9 Å². The van der Waals surface area contributed by atoms with Crippen molar-refractivity contribution in [3.63, 3.8) is 0 Å². The minimum absolute atomic E-state index is 0.0482. The number of sulfonamides is 1. The highest BCUT2D eigenvalue weighted by atomic mass is 35.5. The number of aryl methyl sites for hydroxylation is 3. The van der Waals surface area contributed by atoms with E-state index in [1.807, 2.05) is 36.5 Å². The second-order valence-corrected chi connectivity index (χ2v) is 9.66. The number of aliphatic carboxylic acids is 1. The Morgan fingerprint density at radius 1 is 0.938 bits per heavy atom. The van der Waals surface area contributed by atoms with Crippen LogP contribution in [0.2, 0.25) is 5.02 Å². The number of nitrogens with one attached hydrogen (secondary N) is 1. The summed E-state index contributed by atoms with van der Waals surface area (Å²) in [4.78, 5) is 15.4. The van der Waals surface area contributed by atoms with E-state index in [1.54, 1.807) is 6.20 Å². The lowest BCUT2D eigenvalue weighted by atomic mass is 9.94. The second-order valence-electron chi connectivity index (χ2n) is 7.46. The lowest BCUT2D eigenvalue weighted by Gasteiger charge is -2.12. The quantitative estimate of drug-likeness (QED) is 0.438. The van der Waals surface area contributed by atoms with Crippen LogP contribution >= 0.6 is 11.6 Å². The highest BCUT2D eigenvalue weighted by Gasteiger charge is 2.13. The van der Waals surface area contributed by atoms with E-state index in [4.69, 9.17) is 16.7 Å². The van der Waals surface area contributed by atoms with Crippen molar-refractivity contribution in [1.29, 1.82) is 0 Å². The van der Waals surface area contributed by atoms with Gasteiger partial charge in [0.25, 0.3) is 0 Å². The zero-order valence-corrected chi connectivity index (χ0v) is 19.1. The van der Waals surface area contributed by atoms with Gasteiger partial charge < -0.3 is 5.11 Å². The molecular formula is C24H25ClN2O4S. The number of halogens is 1. The van der Waals surface area contributed by atoms with E-state index in [2.05, 4.69) is 9.71 Å². The third kappa shape index (κ3) is 7.15. The van der Waals surface area contributed by atoms with Gasteiger partial charge >= 0.3 is 5.97 Å². The number of aromatic nitrogens is 1. The average Bonchev–Trinajstić information content (AvgIpc) is 2.78. The van der Waals surface area contributed by atoms with E-state index in [9.17, 15) is 13.2 Å². The summed E-state index contributed by atoms with van der Waals surface area (Å²) < 4.78 is 27.5. The van der Waals surface area contributed by atoms with E-state index >= 15 is 0 Å². The van der Waals surface area contributed by atoms with Crippen molar-refractivity contribution < 1.29 is 18.3 Å². The molecule has 0 atom stereocenters. The summed E-state index contributed by atoms with van der Waals surface area (Å²) in [5, 5.41) is 9.58. The molecular weight excluding hydrogens is 448 g/mol. The Morgan fingerprint density at radius 2 is 1.72 bits per heavy atom. The second kappa shape index (κ2) is 11.2. The molecule has 6 nitrogen and oxygen atoms in total. The molecule has 168 valence electrons. The van der Waals surface area contributed by atoms with Crippen molar-refractivity contribution in [3.8, 4) is 0 Å². The molecule has 0 saturated carbocycles. The highest BCUT2D eigenvalue weighted by molar-refractivity contribution is 7.89. The molecule has 1 heterocycles. The monoisotopic (exact) mass is 472 g/mol. The Bertz CT molecular complexity index is 1150. The Balaban J connectivity index is 1.66. The maximum atomic E-state index is 12.4. The van der Waals surface area contributed by atoms with Crippen molar-refractivity contribution in [1.82, 2.24) is 9.71 Å². The summed E-state index contributed by atoms with van der Waals surface area (Å²) in [6.07, 6.45) is 6.14. The molecule has 32 heavy (non-hydrogen) atoms. The van der Waals surface area contributed by atoms with Gasteiger partial charge in [0.1, 0.15) is 0 Å².